The summed E-state index contributed by atoms with van der Waals surface area (Å²) in [4.78, 5) is 13.9. The number of carbonyl (C=O) groups excluding carboxylic acids is 1. The van der Waals surface area contributed by atoms with Crippen molar-refractivity contribution in [3.05, 3.63) is 58.6 Å². The van der Waals surface area contributed by atoms with Gasteiger partial charge in [-0.3, -0.25) is 0 Å². The molecular weight excluding hydrogens is 418 g/mol. The lowest BCUT2D eigenvalue weighted by atomic mass is 9.90. The maximum Gasteiger partial charge on any atom is 0.409 e. The fourth-order valence-electron chi connectivity index (χ4n) is 4.72. The van der Waals surface area contributed by atoms with Gasteiger partial charge in [-0.15, -0.1) is 0 Å². The van der Waals surface area contributed by atoms with Crippen LogP contribution in [0.5, 0.6) is 11.5 Å². The van der Waals surface area contributed by atoms with Crippen molar-refractivity contribution in [3.8, 4) is 11.5 Å². The van der Waals surface area contributed by atoms with Gasteiger partial charge in [0.2, 0.25) is 5.72 Å². The van der Waals surface area contributed by atoms with Crippen molar-refractivity contribution >= 4 is 23.4 Å². The standard InChI is InChI=1S/C23H24ClN3O4/c1-2-30-22(29)26-11-9-23(10-12-26)27-19(17-13-15(24)7-8-21(17)31-23)14-18(25-27)16-5-3-4-6-20(16)28/h3-8,13,19,28H,2,9-12,14H2,1H3/t19-/m0/s1. The normalized spacial score (nSPS) is 21.2. The predicted octanol–water partition coefficient (Wildman–Crippen LogP) is 4.54. The van der Waals surface area contributed by atoms with Gasteiger partial charge in [-0.05, 0) is 37.3 Å². The van der Waals surface area contributed by atoms with Crippen molar-refractivity contribution in [2.45, 2.75) is 38.0 Å². The zero-order valence-corrected chi connectivity index (χ0v) is 18.0. The van der Waals surface area contributed by atoms with Gasteiger partial charge in [0, 0.05) is 48.5 Å². The third-order valence-electron chi connectivity index (χ3n) is 6.24. The molecular formula is C23H24ClN3O4. The second-order valence-corrected chi connectivity index (χ2v) is 8.48. The number of nitrogens with zero attached hydrogens (tertiary/aromatic N) is 3. The average Bonchev–Trinajstić information content (AvgIpc) is 3.22. The first kappa shape index (κ1) is 20.0. The molecule has 1 spiro atoms. The van der Waals surface area contributed by atoms with Gasteiger partial charge >= 0.3 is 6.09 Å². The number of benzene rings is 2. The molecule has 0 radical (unpaired) electrons. The molecule has 1 atom stereocenters. The highest BCUT2D eigenvalue weighted by atomic mass is 35.5. The second-order valence-electron chi connectivity index (χ2n) is 8.04. The summed E-state index contributed by atoms with van der Waals surface area (Å²) >= 11 is 6.30. The van der Waals surface area contributed by atoms with Gasteiger partial charge in [-0.1, -0.05) is 23.7 Å². The zero-order chi connectivity index (χ0) is 21.6. The summed E-state index contributed by atoms with van der Waals surface area (Å²) < 4.78 is 11.7. The molecule has 0 unspecified atom stereocenters. The fraction of sp³-hybridized carbons (Fsp3) is 0.391. The maximum atomic E-state index is 12.2. The SMILES string of the molecule is CCOC(=O)N1CCC2(CC1)Oc1ccc(Cl)cc1[C@@H]1CC(c3ccccc3O)=NN12. The number of halogens is 1. The highest BCUT2D eigenvalue weighted by Crippen LogP contribution is 2.50. The second kappa shape index (κ2) is 7.64. The van der Waals surface area contributed by atoms with Gasteiger partial charge in [0.15, 0.2) is 0 Å². The molecule has 31 heavy (non-hydrogen) atoms. The molecule has 0 aromatic heterocycles. The predicted molar refractivity (Wildman–Crippen MR) is 116 cm³/mol. The minimum Gasteiger partial charge on any atom is -0.507 e. The number of hydrogen-bond acceptors (Lipinski definition) is 6. The van der Waals surface area contributed by atoms with Crippen molar-refractivity contribution in [1.82, 2.24) is 9.91 Å². The highest BCUT2D eigenvalue weighted by Gasteiger charge is 2.52. The molecule has 2 aromatic rings. The molecule has 2 aromatic carbocycles. The first-order valence-corrected chi connectivity index (χ1v) is 10.9. The van der Waals surface area contributed by atoms with Crippen LogP contribution in [0.3, 0.4) is 0 Å². The Morgan fingerprint density at radius 2 is 2.06 bits per heavy atom. The molecule has 8 heteroatoms. The van der Waals surface area contributed by atoms with E-state index in [2.05, 4.69) is 0 Å². The lowest BCUT2D eigenvalue weighted by molar-refractivity contribution is -0.147. The number of aromatic hydroxyl groups is 1. The lowest BCUT2D eigenvalue weighted by Gasteiger charge is -2.51. The van der Waals surface area contributed by atoms with E-state index in [9.17, 15) is 9.90 Å². The monoisotopic (exact) mass is 441 g/mol. The number of fused-ring (bicyclic) bond motifs is 4. The summed E-state index contributed by atoms with van der Waals surface area (Å²) in [5, 5.41) is 18.0. The van der Waals surface area contributed by atoms with Crippen LogP contribution in [0.15, 0.2) is 47.6 Å². The van der Waals surface area contributed by atoms with E-state index in [-0.39, 0.29) is 17.9 Å². The molecule has 0 saturated carbocycles. The molecule has 3 aliphatic rings. The van der Waals surface area contributed by atoms with Gasteiger partial charge < -0.3 is 19.5 Å². The van der Waals surface area contributed by atoms with Crippen molar-refractivity contribution in [2.75, 3.05) is 19.7 Å². The molecule has 5 rings (SSSR count). The molecule has 1 amide bonds. The number of hydrazone groups is 1. The molecule has 1 saturated heterocycles. The Morgan fingerprint density at radius 3 is 2.81 bits per heavy atom. The van der Waals surface area contributed by atoms with Crippen molar-refractivity contribution in [1.29, 1.82) is 0 Å². The van der Waals surface area contributed by atoms with E-state index in [1.54, 1.807) is 24.0 Å². The Morgan fingerprint density at radius 1 is 1.29 bits per heavy atom. The molecule has 1 N–H and O–H groups in total. The van der Waals surface area contributed by atoms with Crippen LogP contribution in [0.2, 0.25) is 5.02 Å². The summed E-state index contributed by atoms with van der Waals surface area (Å²) in [6, 6.07) is 12.9. The van der Waals surface area contributed by atoms with Gasteiger partial charge in [0.1, 0.15) is 11.5 Å². The van der Waals surface area contributed by atoms with Crippen molar-refractivity contribution in [3.63, 3.8) is 0 Å². The smallest absolute Gasteiger partial charge is 0.409 e. The molecule has 0 aliphatic carbocycles. The third kappa shape index (κ3) is 3.37. The number of phenolic OH excluding ortho intramolecular Hbond substituents is 1. The maximum absolute atomic E-state index is 12.2. The first-order valence-electron chi connectivity index (χ1n) is 10.6. The minimum atomic E-state index is -0.666. The molecule has 1 fully saturated rings. The Labute approximate surface area is 185 Å². The summed E-state index contributed by atoms with van der Waals surface area (Å²) in [6.45, 7) is 3.20. The first-order chi connectivity index (χ1) is 15.0. The van der Waals surface area contributed by atoms with Crippen LogP contribution in [0.25, 0.3) is 0 Å². The van der Waals surface area contributed by atoms with E-state index in [4.69, 9.17) is 26.2 Å². The van der Waals surface area contributed by atoms with Crippen molar-refractivity contribution in [2.24, 2.45) is 5.10 Å². The summed E-state index contributed by atoms with van der Waals surface area (Å²) in [5.41, 5.74) is 1.85. The number of piperidine rings is 1. The Bertz CT molecular complexity index is 1050. The van der Waals surface area contributed by atoms with E-state index in [0.29, 0.717) is 44.0 Å². The van der Waals surface area contributed by atoms with E-state index in [0.717, 1.165) is 22.6 Å². The summed E-state index contributed by atoms with van der Waals surface area (Å²) in [7, 11) is 0. The number of carbonyl (C=O) groups is 1. The van der Waals surface area contributed by atoms with Gasteiger partial charge in [-0.2, -0.15) is 5.10 Å². The number of ether oxygens (including phenoxy) is 2. The van der Waals surface area contributed by atoms with Crippen LogP contribution in [0.1, 0.15) is 43.4 Å². The van der Waals surface area contributed by atoms with Crippen LogP contribution in [0.4, 0.5) is 4.79 Å². The molecule has 3 heterocycles. The number of hydrogen-bond donors (Lipinski definition) is 1. The van der Waals surface area contributed by atoms with Crippen LogP contribution in [-0.4, -0.2) is 52.2 Å². The number of rotatable bonds is 2. The zero-order valence-electron chi connectivity index (χ0n) is 17.3. The summed E-state index contributed by atoms with van der Waals surface area (Å²) in [5.74, 6) is 1.00. The number of para-hydroxylation sites is 1. The highest BCUT2D eigenvalue weighted by molar-refractivity contribution is 6.30. The Hall–Kier alpha value is -2.93. The lowest BCUT2D eigenvalue weighted by Crippen LogP contribution is -2.59. The van der Waals surface area contributed by atoms with Gasteiger partial charge in [0.25, 0.3) is 0 Å². The minimum absolute atomic E-state index is 0.0498. The van der Waals surface area contributed by atoms with Crippen molar-refractivity contribution < 1.29 is 19.4 Å². The quantitative estimate of drug-likeness (QED) is 0.740. The van der Waals surface area contributed by atoms with E-state index in [1.807, 2.05) is 35.3 Å². The molecule has 0 bridgehead atoms. The topological polar surface area (TPSA) is 74.6 Å². The number of likely N-dealkylation sites (tertiary alicyclic amines) is 1. The average molecular weight is 442 g/mol. The van der Waals surface area contributed by atoms with Crippen LogP contribution >= 0.6 is 11.6 Å². The van der Waals surface area contributed by atoms with E-state index < -0.39 is 5.72 Å². The number of phenols is 1. The third-order valence-corrected chi connectivity index (χ3v) is 6.48. The van der Waals surface area contributed by atoms with Gasteiger partial charge in [-0.25, -0.2) is 9.80 Å². The molecule has 7 nitrogen and oxygen atoms in total. The number of amides is 1. The Kier molecular flexibility index (Phi) is 4.93. The van der Waals surface area contributed by atoms with E-state index >= 15 is 0 Å². The fourth-order valence-corrected chi connectivity index (χ4v) is 4.90. The van der Waals surface area contributed by atoms with Crippen LogP contribution in [-0.2, 0) is 4.74 Å². The molecule has 3 aliphatic heterocycles. The van der Waals surface area contributed by atoms with E-state index in [1.165, 1.54) is 0 Å². The van der Waals surface area contributed by atoms with Crippen LogP contribution < -0.4 is 4.74 Å². The van der Waals surface area contributed by atoms with Crippen LogP contribution in [0, 0.1) is 0 Å². The van der Waals surface area contributed by atoms with Gasteiger partial charge in [0.05, 0.1) is 18.4 Å². The summed E-state index contributed by atoms with van der Waals surface area (Å²) in [6.07, 6.45) is 1.54. The largest absolute Gasteiger partial charge is 0.507 e. The Balaban J connectivity index is 1.51. The molecule has 162 valence electrons.